The molecule has 0 amide bonds. The highest BCUT2D eigenvalue weighted by Crippen LogP contribution is 2.22. The van der Waals surface area contributed by atoms with Crippen molar-refractivity contribution in [1.29, 1.82) is 0 Å². The van der Waals surface area contributed by atoms with Gasteiger partial charge in [0.1, 0.15) is 5.75 Å². The highest BCUT2D eigenvalue weighted by Gasteiger charge is 2.09. The van der Waals surface area contributed by atoms with Crippen LogP contribution in [-0.4, -0.2) is 5.97 Å². The molecule has 0 unspecified atom stereocenters. The number of allylic oxidation sites excluding steroid dienone is 2. The number of rotatable bonds is 7. The lowest BCUT2D eigenvalue weighted by Gasteiger charge is -2.10. The monoisotopic (exact) mass is 352 g/mol. The second-order valence-corrected chi connectivity index (χ2v) is 6.41. The molecule has 0 fully saturated rings. The van der Waals surface area contributed by atoms with Crippen LogP contribution in [0.4, 0.5) is 0 Å². The molecule has 0 aliphatic rings. The van der Waals surface area contributed by atoms with Gasteiger partial charge < -0.3 is 4.74 Å². The first-order valence-corrected chi connectivity index (χ1v) is 9.52. The lowest BCUT2D eigenvalue weighted by atomic mass is 10.1. The zero-order valence-electron chi connectivity index (χ0n) is 16.8. The minimum Gasteiger partial charge on any atom is -0.426 e. The van der Waals surface area contributed by atoms with E-state index in [0.717, 1.165) is 24.8 Å². The Kier molecular flexibility index (Phi) is 10.1. The molecule has 0 aliphatic carbocycles. The standard InChI is InChI=1S/C22H26O2.C2H6/c1-17(2)12-14-20-16-18(3)13-15-21(20)24-22(23)11-7-10-19-8-5-4-6-9-19;1-2/h4-6,8-9,12-13,15-16H,7,10-11,14H2,1-3H3;1-2H3. The third-order valence-corrected chi connectivity index (χ3v) is 3.86. The van der Waals surface area contributed by atoms with Gasteiger partial charge in [0.2, 0.25) is 0 Å². The molecule has 26 heavy (non-hydrogen) atoms. The van der Waals surface area contributed by atoms with E-state index >= 15 is 0 Å². The highest BCUT2D eigenvalue weighted by atomic mass is 16.5. The fraction of sp³-hybridized carbons (Fsp3) is 0.375. The van der Waals surface area contributed by atoms with E-state index < -0.39 is 0 Å². The van der Waals surface area contributed by atoms with Crippen molar-refractivity contribution in [2.75, 3.05) is 0 Å². The van der Waals surface area contributed by atoms with Crippen molar-refractivity contribution in [2.24, 2.45) is 0 Å². The average molecular weight is 353 g/mol. The SMILES string of the molecule is CC.CC(C)=CCc1cc(C)ccc1OC(=O)CCCc1ccccc1. The maximum Gasteiger partial charge on any atom is 0.311 e. The molecule has 140 valence electrons. The first kappa shape index (κ1) is 21.7. The van der Waals surface area contributed by atoms with Gasteiger partial charge in [0.25, 0.3) is 0 Å². The highest BCUT2D eigenvalue weighted by molar-refractivity contribution is 5.72. The largest absolute Gasteiger partial charge is 0.426 e. The molecule has 0 aliphatic heterocycles. The van der Waals surface area contributed by atoms with Crippen molar-refractivity contribution in [3.8, 4) is 5.75 Å². The molecule has 0 spiro atoms. The molecule has 2 aromatic carbocycles. The number of carbonyl (C=O) groups excluding carboxylic acids is 1. The molecule has 0 radical (unpaired) electrons. The van der Waals surface area contributed by atoms with Crippen LogP contribution in [0.25, 0.3) is 0 Å². The summed E-state index contributed by atoms with van der Waals surface area (Å²) in [4.78, 5) is 12.1. The molecule has 0 bridgehead atoms. The first-order chi connectivity index (χ1) is 12.5. The average Bonchev–Trinajstić information content (AvgIpc) is 2.64. The van der Waals surface area contributed by atoms with E-state index in [1.807, 2.05) is 44.2 Å². The van der Waals surface area contributed by atoms with E-state index in [9.17, 15) is 4.79 Å². The van der Waals surface area contributed by atoms with Crippen molar-refractivity contribution in [1.82, 2.24) is 0 Å². The lowest BCUT2D eigenvalue weighted by molar-refractivity contribution is -0.134. The van der Waals surface area contributed by atoms with Crippen LogP contribution in [0.2, 0.25) is 0 Å². The third-order valence-electron chi connectivity index (χ3n) is 3.86. The molecule has 0 heterocycles. The maximum atomic E-state index is 12.1. The van der Waals surface area contributed by atoms with Crippen LogP contribution in [-0.2, 0) is 17.6 Å². The third kappa shape index (κ3) is 8.15. The Morgan fingerprint density at radius 1 is 1.04 bits per heavy atom. The molecule has 0 saturated carbocycles. The predicted molar refractivity (Wildman–Crippen MR) is 111 cm³/mol. The smallest absolute Gasteiger partial charge is 0.311 e. The summed E-state index contributed by atoms with van der Waals surface area (Å²) in [5.74, 6) is 0.524. The van der Waals surface area contributed by atoms with Gasteiger partial charge in [-0.05, 0) is 57.2 Å². The quantitative estimate of drug-likeness (QED) is 0.325. The van der Waals surface area contributed by atoms with Crippen LogP contribution in [0.5, 0.6) is 5.75 Å². The Bertz CT molecular complexity index is 695. The van der Waals surface area contributed by atoms with Crippen LogP contribution in [0.3, 0.4) is 0 Å². The number of esters is 1. The molecular formula is C24H32O2. The van der Waals surface area contributed by atoms with E-state index in [4.69, 9.17) is 4.74 Å². The maximum absolute atomic E-state index is 12.1. The van der Waals surface area contributed by atoms with Gasteiger partial charge >= 0.3 is 5.97 Å². The zero-order valence-corrected chi connectivity index (χ0v) is 16.8. The van der Waals surface area contributed by atoms with Gasteiger partial charge in [0, 0.05) is 6.42 Å². The van der Waals surface area contributed by atoms with Gasteiger partial charge in [-0.1, -0.05) is 73.5 Å². The van der Waals surface area contributed by atoms with E-state index in [1.165, 1.54) is 16.7 Å². The van der Waals surface area contributed by atoms with E-state index in [2.05, 4.69) is 45.0 Å². The second-order valence-electron chi connectivity index (χ2n) is 6.41. The molecule has 2 heteroatoms. The zero-order chi connectivity index (χ0) is 19.4. The van der Waals surface area contributed by atoms with E-state index in [0.29, 0.717) is 12.2 Å². The lowest BCUT2D eigenvalue weighted by Crippen LogP contribution is -2.09. The fourth-order valence-corrected chi connectivity index (χ4v) is 2.54. The van der Waals surface area contributed by atoms with Crippen molar-refractivity contribution >= 4 is 5.97 Å². The summed E-state index contributed by atoms with van der Waals surface area (Å²) in [5, 5.41) is 0. The summed E-state index contributed by atoms with van der Waals surface area (Å²) >= 11 is 0. The Morgan fingerprint density at radius 3 is 2.38 bits per heavy atom. The predicted octanol–water partition coefficient (Wildman–Crippen LogP) is 6.46. The van der Waals surface area contributed by atoms with Crippen LogP contribution < -0.4 is 4.74 Å². The molecule has 0 saturated heterocycles. The van der Waals surface area contributed by atoms with Gasteiger partial charge in [-0.3, -0.25) is 4.79 Å². The van der Waals surface area contributed by atoms with Crippen molar-refractivity contribution in [2.45, 2.75) is 60.3 Å². The molecule has 0 atom stereocenters. The van der Waals surface area contributed by atoms with E-state index in [-0.39, 0.29) is 5.97 Å². The summed E-state index contributed by atoms with van der Waals surface area (Å²) in [7, 11) is 0. The molecular weight excluding hydrogens is 320 g/mol. The summed E-state index contributed by atoms with van der Waals surface area (Å²) < 4.78 is 5.60. The molecule has 0 N–H and O–H groups in total. The number of ether oxygens (including phenoxy) is 1. The van der Waals surface area contributed by atoms with Gasteiger partial charge in [0.05, 0.1) is 0 Å². The number of hydrogen-bond acceptors (Lipinski definition) is 2. The number of carbonyl (C=O) groups is 1. The van der Waals surface area contributed by atoms with Gasteiger partial charge in [0.15, 0.2) is 0 Å². The number of aryl methyl sites for hydroxylation is 2. The number of benzene rings is 2. The molecule has 2 rings (SSSR count). The fourth-order valence-electron chi connectivity index (χ4n) is 2.54. The Labute approximate surface area is 158 Å². The van der Waals surface area contributed by atoms with Gasteiger partial charge in [-0.15, -0.1) is 0 Å². The van der Waals surface area contributed by atoms with Gasteiger partial charge in [-0.2, -0.15) is 0 Å². The van der Waals surface area contributed by atoms with Gasteiger partial charge in [-0.25, -0.2) is 0 Å². The summed E-state index contributed by atoms with van der Waals surface area (Å²) in [6.07, 6.45) is 5.08. The molecule has 2 aromatic rings. The topological polar surface area (TPSA) is 26.3 Å². The Balaban J connectivity index is 0.00000163. The summed E-state index contributed by atoms with van der Waals surface area (Å²) in [6.45, 7) is 10.2. The van der Waals surface area contributed by atoms with Crippen molar-refractivity contribution in [3.63, 3.8) is 0 Å². The Morgan fingerprint density at radius 2 is 1.73 bits per heavy atom. The first-order valence-electron chi connectivity index (χ1n) is 9.52. The minimum atomic E-state index is -0.159. The van der Waals surface area contributed by atoms with Crippen LogP contribution >= 0.6 is 0 Å². The normalized spacial score (nSPS) is 9.73. The number of hydrogen-bond donors (Lipinski definition) is 0. The van der Waals surface area contributed by atoms with E-state index in [1.54, 1.807) is 0 Å². The second kappa shape index (κ2) is 12.1. The Hall–Kier alpha value is -2.35. The van der Waals surface area contributed by atoms with Crippen LogP contribution in [0.1, 0.15) is 57.2 Å². The molecule has 2 nitrogen and oxygen atoms in total. The van der Waals surface area contributed by atoms with Crippen molar-refractivity contribution in [3.05, 3.63) is 76.9 Å². The minimum absolute atomic E-state index is 0.159. The van der Waals surface area contributed by atoms with Crippen molar-refractivity contribution < 1.29 is 9.53 Å². The summed E-state index contributed by atoms with van der Waals surface area (Å²) in [5.41, 5.74) is 4.75. The molecule has 0 aromatic heterocycles. The van der Waals surface area contributed by atoms with Crippen LogP contribution in [0.15, 0.2) is 60.2 Å². The summed E-state index contributed by atoms with van der Waals surface area (Å²) in [6, 6.07) is 16.2. The van der Waals surface area contributed by atoms with Crippen LogP contribution in [0, 0.1) is 6.92 Å².